The Kier molecular flexibility index (Phi) is 6.28. The molecule has 0 aliphatic heterocycles. The first-order chi connectivity index (χ1) is 13.7. The summed E-state index contributed by atoms with van der Waals surface area (Å²) < 4.78 is 3.68. The van der Waals surface area contributed by atoms with Crippen LogP contribution in [0.15, 0.2) is 90.2 Å². The summed E-state index contributed by atoms with van der Waals surface area (Å²) in [7, 11) is 0. The Morgan fingerprint density at radius 1 is 0.966 bits per heavy atom. The number of halogens is 1. The average Bonchev–Trinajstić information content (AvgIpc) is 3.16. The lowest BCUT2D eigenvalue weighted by molar-refractivity contribution is 0.749. The van der Waals surface area contributed by atoms with Gasteiger partial charge in [0.1, 0.15) is 0 Å². The van der Waals surface area contributed by atoms with Crippen LogP contribution in [0, 0.1) is 11.3 Å². The van der Waals surface area contributed by atoms with E-state index in [1.165, 1.54) is 0 Å². The molecule has 0 radical (unpaired) electrons. The largest absolute Gasteiger partial charge is 0.330 e. The Labute approximate surface area is 174 Å². The van der Waals surface area contributed by atoms with Gasteiger partial charge in [-0.25, -0.2) is 4.98 Å². The molecule has 0 amide bonds. The molecule has 0 spiro atoms. The number of imidazole rings is 1. The Hall–Kier alpha value is -3.62. The van der Waals surface area contributed by atoms with E-state index < -0.39 is 0 Å². The SMILES string of the molecule is Cl.N#Cc1ccc(Cc2cncn2Cc2ccn(-c3ccccc3)c(=O)c2)cc1. The molecule has 29 heavy (non-hydrogen) atoms. The molecule has 2 aromatic carbocycles. The molecule has 2 aromatic heterocycles. The van der Waals surface area contributed by atoms with E-state index in [1.807, 2.05) is 77.6 Å². The highest BCUT2D eigenvalue weighted by molar-refractivity contribution is 5.85. The van der Waals surface area contributed by atoms with Gasteiger partial charge in [0, 0.05) is 42.8 Å². The minimum absolute atomic E-state index is 0. The van der Waals surface area contributed by atoms with Gasteiger partial charge < -0.3 is 4.57 Å². The van der Waals surface area contributed by atoms with Gasteiger partial charge >= 0.3 is 0 Å². The summed E-state index contributed by atoms with van der Waals surface area (Å²) in [5, 5.41) is 8.92. The monoisotopic (exact) mass is 402 g/mol. The third kappa shape index (κ3) is 4.63. The standard InChI is InChI=1S/C23H18N4O.ClH/c24-14-19-8-6-18(7-9-19)12-22-15-25-17-26(22)16-20-10-11-27(23(28)13-20)21-4-2-1-3-5-21;/h1-11,13,15,17H,12,16H2;1H. The van der Waals surface area contributed by atoms with Crippen LogP contribution in [-0.4, -0.2) is 14.1 Å². The van der Waals surface area contributed by atoms with Gasteiger partial charge in [0.05, 0.1) is 18.0 Å². The Bertz CT molecular complexity index is 1190. The second-order valence-corrected chi connectivity index (χ2v) is 6.58. The number of rotatable bonds is 5. The van der Waals surface area contributed by atoms with Crippen molar-refractivity contribution in [3.8, 4) is 11.8 Å². The molecular formula is C23H19ClN4O. The number of hydrogen-bond donors (Lipinski definition) is 0. The van der Waals surface area contributed by atoms with Gasteiger partial charge in [0.2, 0.25) is 0 Å². The number of aromatic nitrogens is 3. The van der Waals surface area contributed by atoms with Gasteiger partial charge in [0.15, 0.2) is 0 Å². The van der Waals surface area contributed by atoms with Crippen molar-refractivity contribution in [1.29, 1.82) is 5.26 Å². The molecule has 0 atom stereocenters. The van der Waals surface area contributed by atoms with Crippen molar-refractivity contribution in [3.05, 3.63) is 118 Å². The number of nitriles is 1. The van der Waals surface area contributed by atoms with Crippen LogP contribution in [-0.2, 0) is 13.0 Å². The summed E-state index contributed by atoms with van der Waals surface area (Å²) in [5.41, 5.74) is 4.53. The first-order valence-corrected chi connectivity index (χ1v) is 8.98. The van der Waals surface area contributed by atoms with Crippen LogP contribution < -0.4 is 5.56 Å². The highest BCUT2D eigenvalue weighted by atomic mass is 35.5. The van der Waals surface area contributed by atoms with Crippen LogP contribution in [0.5, 0.6) is 0 Å². The molecule has 0 fully saturated rings. The van der Waals surface area contributed by atoms with Gasteiger partial charge in [-0.1, -0.05) is 30.3 Å². The van der Waals surface area contributed by atoms with Crippen molar-refractivity contribution in [2.24, 2.45) is 0 Å². The first-order valence-electron chi connectivity index (χ1n) is 8.98. The quantitative estimate of drug-likeness (QED) is 0.507. The molecule has 0 saturated heterocycles. The molecule has 0 unspecified atom stereocenters. The van der Waals surface area contributed by atoms with Gasteiger partial charge in [-0.2, -0.15) is 5.26 Å². The van der Waals surface area contributed by atoms with E-state index in [4.69, 9.17) is 5.26 Å². The fourth-order valence-corrected chi connectivity index (χ4v) is 3.16. The Morgan fingerprint density at radius 2 is 1.72 bits per heavy atom. The van der Waals surface area contributed by atoms with E-state index in [9.17, 15) is 4.79 Å². The summed E-state index contributed by atoms with van der Waals surface area (Å²) in [5.74, 6) is 0. The predicted octanol–water partition coefficient (Wildman–Crippen LogP) is 3.97. The van der Waals surface area contributed by atoms with Crippen LogP contribution in [0.4, 0.5) is 0 Å². The third-order valence-electron chi connectivity index (χ3n) is 4.64. The lowest BCUT2D eigenvalue weighted by atomic mass is 10.1. The number of hydrogen-bond acceptors (Lipinski definition) is 3. The van der Waals surface area contributed by atoms with Crippen LogP contribution >= 0.6 is 12.4 Å². The fourth-order valence-electron chi connectivity index (χ4n) is 3.16. The number of nitrogens with zero attached hydrogens (tertiary/aromatic N) is 4. The van der Waals surface area contributed by atoms with E-state index in [2.05, 4.69) is 11.1 Å². The smallest absolute Gasteiger partial charge is 0.255 e. The van der Waals surface area contributed by atoms with Gasteiger partial charge in [0.25, 0.3) is 5.56 Å². The third-order valence-corrected chi connectivity index (χ3v) is 4.64. The van der Waals surface area contributed by atoms with E-state index >= 15 is 0 Å². The van der Waals surface area contributed by atoms with Crippen molar-refractivity contribution in [1.82, 2.24) is 14.1 Å². The van der Waals surface area contributed by atoms with Crippen LogP contribution in [0.25, 0.3) is 5.69 Å². The van der Waals surface area contributed by atoms with E-state index in [0.29, 0.717) is 18.5 Å². The van der Waals surface area contributed by atoms with Gasteiger partial charge in [-0.15, -0.1) is 12.4 Å². The fraction of sp³-hybridized carbons (Fsp3) is 0.0870. The number of benzene rings is 2. The molecule has 0 aliphatic carbocycles. The zero-order chi connectivity index (χ0) is 19.3. The molecule has 4 rings (SSSR count). The summed E-state index contributed by atoms with van der Waals surface area (Å²) >= 11 is 0. The van der Waals surface area contributed by atoms with E-state index in [1.54, 1.807) is 17.0 Å². The highest BCUT2D eigenvalue weighted by Gasteiger charge is 2.07. The molecule has 2 heterocycles. The normalized spacial score (nSPS) is 10.2. The van der Waals surface area contributed by atoms with E-state index in [0.717, 1.165) is 22.5 Å². The second kappa shape index (κ2) is 9.05. The van der Waals surface area contributed by atoms with Crippen molar-refractivity contribution < 1.29 is 0 Å². The maximum Gasteiger partial charge on any atom is 0.255 e. The molecule has 0 aliphatic rings. The molecule has 4 aromatic rings. The number of pyridine rings is 1. The van der Waals surface area contributed by atoms with Gasteiger partial charge in [-0.3, -0.25) is 9.36 Å². The Balaban J connectivity index is 0.00000240. The van der Waals surface area contributed by atoms with Crippen molar-refractivity contribution in [2.45, 2.75) is 13.0 Å². The van der Waals surface area contributed by atoms with Gasteiger partial charge in [-0.05, 0) is 41.5 Å². The average molecular weight is 403 g/mol. The summed E-state index contributed by atoms with van der Waals surface area (Å²) in [4.78, 5) is 16.8. The minimum Gasteiger partial charge on any atom is -0.330 e. The van der Waals surface area contributed by atoms with Crippen molar-refractivity contribution in [3.63, 3.8) is 0 Å². The lowest BCUT2D eigenvalue weighted by Crippen LogP contribution is -2.18. The zero-order valence-corrected chi connectivity index (χ0v) is 16.4. The molecule has 144 valence electrons. The molecule has 6 heteroatoms. The maximum atomic E-state index is 12.5. The molecular weight excluding hydrogens is 384 g/mol. The highest BCUT2D eigenvalue weighted by Crippen LogP contribution is 2.13. The van der Waals surface area contributed by atoms with Crippen LogP contribution in [0.3, 0.4) is 0 Å². The summed E-state index contributed by atoms with van der Waals surface area (Å²) in [6.07, 6.45) is 6.14. The maximum absolute atomic E-state index is 12.5. The minimum atomic E-state index is -0.0579. The van der Waals surface area contributed by atoms with E-state index in [-0.39, 0.29) is 18.0 Å². The zero-order valence-electron chi connectivity index (χ0n) is 15.6. The van der Waals surface area contributed by atoms with Crippen molar-refractivity contribution in [2.75, 3.05) is 0 Å². The molecule has 0 bridgehead atoms. The molecule has 0 saturated carbocycles. The summed E-state index contributed by atoms with van der Waals surface area (Å²) in [6, 6.07) is 22.9. The molecule has 0 N–H and O–H groups in total. The van der Waals surface area contributed by atoms with Crippen LogP contribution in [0.1, 0.15) is 22.4 Å². The molecule has 5 nitrogen and oxygen atoms in total. The Morgan fingerprint density at radius 3 is 2.41 bits per heavy atom. The number of para-hydroxylation sites is 1. The van der Waals surface area contributed by atoms with Crippen molar-refractivity contribution >= 4 is 12.4 Å². The lowest BCUT2D eigenvalue weighted by Gasteiger charge is -2.10. The topological polar surface area (TPSA) is 63.6 Å². The predicted molar refractivity (Wildman–Crippen MR) is 115 cm³/mol. The second-order valence-electron chi connectivity index (χ2n) is 6.58. The first kappa shape index (κ1) is 20.1. The van der Waals surface area contributed by atoms with Crippen LogP contribution in [0.2, 0.25) is 0 Å². The summed E-state index contributed by atoms with van der Waals surface area (Å²) in [6.45, 7) is 0.580.